The Morgan fingerprint density at radius 3 is 2.65 bits per heavy atom. The van der Waals surface area contributed by atoms with Crippen molar-refractivity contribution in [3.05, 3.63) is 53.9 Å². The van der Waals surface area contributed by atoms with Crippen LogP contribution in [0, 0.1) is 0 Å². The minimum atomic E-state index is -0.288. The summed E-state index contributed by atoms with van der Waals surface area (Å²) >= 11 is 0. The molecule has 1 saturated heterocycles. The first-order chi connectivity index (χ1) is 11.3. The van der Waals surface area contributed by atoms with Gasteiger partial charge in [0.2, 0.25) is 5.91 Å². The minimum absolute atomic E-state index is 0.288. The number of rotatable bonds is 3. The van der Waals surface area contributed by atoms with Crippen LogP contribution in [0.15, 0.2) is 42.6 Å². The van der Waals surface area contributed by atoms with E-state index >= 15 is 0 Å². The van der Waals surface area contributed by atoms with Crippen molar-refractivity contribution in [1.82, 2.24) is 15.1 Å². The minimum Gasteiger partial charge on any atom is -0.341 e. The smallest absolute Gasteiger partial charge is 0.233 e. The monoisotopic (exact) mass is 309 g/mol. The first kappa shape index (κ1) is 14.5. The lowest BCUT2D eigenvalue weighted by atomic mass is 9.77. The third kappa shape index (κ3) is 2.46. The lowest BCUT2D eigenvalue weighted by molar-refractivity contribution is -0.136. The number of carbonyl (C=O) groups excluding carboxylic acids is 1. The van der Waals surface area contributed by atoms with Crippen LogP contribution in [0.25, 0.3) is 0 Å². The van der Waals surface area contributed by atoms with Crippen molar-refractivity contribution >= 4 is 5.91 Å². The molecule has 2 aliphatic rings. The van der Waals surface area contributed by atoms with Crippen molar-refractivity contribution < 1.29 is 4.79 Å². The number of hydrogen-bond donors (Lipinski definition) is 1. The van der Waals surface area contributed by atoms with Gasteiger partial charge >= 0.3 is 0 Å². The molecule has 0 spiro atoms. The van der Waals surface area contributed by atoms with Gasteiger partial charge in [0.25, 0.3) is 0 Å². The van der Waals surface area contributed by atoms with E-state index in [9.17, 15) is 4.79 Å². The Bertz CT molecular complexity index is 659. The van der Waals surface area contributed by atoms with E-state index in [1.165, 1.54) is 5.56 Å². The highest BCUT2D eigenvalue weighted by molar-refractivity contribution is 5.89. The molecule has 1 amide bonds. The molecular formula is C19H23N3O. The molecule has 0 radical (unpaired) electrons. The standard InChI is InChI=1S/C19H23N3O/c23-18(22-13-9-15(14-22)17-8-12-20-21-17)19(10-4-5-11-19)16-6-2-1-3-7-16/h1-3,6-8,12,15H,4-5,9-11,13-14H2,(H,20,21)/t15-/m1/s1. The fraction of sp³-hybridized carbons (Fsp3) is 0.474. The summed E-state index contributed by atoms with van der Waals surface area (Å²) in [7, 11) is 0. The van der Waals surface area contributed by atoms with E-state index in [0.717, 1.165) is 50.9 Å². The number of H-pyrrole nitrogens is 1. The van der Waals surface area contributed by atoms with Crippen molar-refractivity contribution in [3.8, 4) is 0 Å². The number of nitrogens with zero attached hydrogens (tertiary/aromatic N) is 2. The molecule has 120 valence electrons. The molecule has 0 unspecified atom stereocenters. The average molecular weight is 309 g/mol. The van der Waals surface area contributed by atoms with E-state index in [4.69, 9.17) is 0 Å². The van der Waals surface area contributed by atoms with Crippen LogP contribution in [0.4, 0.5) is 0 Å². The van der Waals surface area contributed by atoms with Gasteiger partial charge in [-0.05, 0) is 30.9 Å². The molecule has 1 aromatic carbocycles. The molecule has 1 atom stereocenters. The van der Waals surface area contributed by atoms with Crippen LogP contribution in [0.5, 0.6) is 0 Å². The Morgan fingerprint density at radius 1 is 1.17 bits per heavy atom. The van der Waals surface area contributed by atoms with Crippen molar-refractivity contribution in [2.45, 2.75) is 43.4 Å². The van der Waals surface area contributed by atoms with Crippen LogP contribution in [0.2, 0.25) is 0 Å². The van der Waals surface area contributed by atoms with Gasteiger partial charge in [-0.3, -0.25) is 9.89 Å². The molecule has 0 bridgehead atoms. The third-order valence-electron chi connectivity index (χ3n) is 5.63. The predicted octanol–water partition coefficient (Wildman–Crippen LogP) is 3.24. The first-order valence-corrected chi connectivity index (χ1v) is 8.64. The molecule has 1 aliphatic carbocycles. The number of aromatic nitrogens is 2. The maximum Gasteiger partial charge on any atom is 0.233 e. The van der Waals surface area contributed by atoms with Gasteiger partial charge in [0, 0.05) is 30.9 Å². The Kier molecular flexibility index (Phi) is 3.68. The Morgan fingerprint density at radius 2 is 1.96 bits per heavy atom. The summed E-state index contributed by atoms with van der Waals surface area (Å²) < 4.78 is 0. The Hall–Kier alpha value is -2.10. The van der Waals surface area contributed by atoms with E-state index in [2.05, 4.69) is 39.4 Å². The molecular weight excluding hydrogens is 286 g/mol. The molecule has 4 nitrogen and oxygen atoms in total. The zero-order valence-corrected chi connectivity index (χ0v) is 13.4. The van der Waals surface area contributed by atoms with E-state index in [0.29, 0.717) is 11.8 Å². The number of hydrogen-bond acceptors (Lipinski definition) is 2. The molecule has 2 aromatic rings. The second-order valence-electron chi connectivity index (χ2n) is 6.90. The largest absolute Gasteiger partial charge is 0.341 e. The number of benzene rings is 1. The molecule has 1 saturated carbocycles. The quantitative estimate of drug-likeness (QED) is 0.946. The summed E-state index contributed by atoms with van der Waals surface area (Å²) in [6.07, 6.45) is 7.10. The number of aromatic amines is 1. The number of likely N-dealkylation sites (tertiary alicyclic amines) is 1. The van der Waals surface area contributed by atoms with E-state index in [1.807, 2.05) is 12.1 Å². The zero-order valence-electron chi connectivity index (χ0n) is 13.4. The highest BCUT2D eigenvalue weighted by atomic mass is 16.2. The number of nitrogens with one attached hydrogen (secondary N) is 1. The normalized spacial score (nSPS) is 23.3. The number of amides is 1. The second-order valence-corrected chi connectivity index (χ2v) is 6.90. The summed E-state index contributed by atoms with van der Waals surface area (Å²) in [4.78, 5) is 15.5. The van der Waals surface area contributed by atoms with E-state index in [1.54, 1.807) is 6.20 Å². The molecule has 2 heterocycles. The SMILES string of the molecule is O=C(N1CC[C@@H](c2ccn[nH]2)C1)C1(c2ccccc2)CCCC1. The fourth-order valence-electron chi connectivity index (χ4n) is 4.36. The van der Waals surface area contributed by atoms with Gasteiger partial charge in [0.05, 0.1) is 5.41 Å². The van der Waals surface area contributed by atoms with Crippen molar-refractivity contribution in [2.75, 3.05) is 13.1 Å². The Labute approximate surface area is 136 Å². The zero-order chi connectivity index (χ0) is 15.7. The van der Waals surface area contributed by atoms with Crippen molar-refractivity contribution in [3.63, 3.8) is 0 Å². The van der Waals surface area contributed by atoms with Crippen LogP contribution in [0.1, 0.15) is 49.3 Å². The summed E-state index contributed by atoms with van der Waals surface area (Å²) in [6.45, 7) is 1.67. The molecule has 4 rings (SSSR count). The van der Waals surface area contributed by atoms with Gasteiger partial charge in [-0.1, -0.05) is 43.2 Å². The third-order valence-corrected chi connectivity index (χ3v) is 5.63. The first-order valence-electron chi connectivity index (χ1n) is 8.64. The summed E-state index contributed by atoms with van der Waals surface area (Å²) in [5, 5.41) is 7.11. The van der Waals surface area contributed by atoms with Gasteiger partial charge in [0.1, 0.15) is 0 Å². The maximum absolute atomic E-state index is 13.4. The average Bonchev–Trinajstić information content (AvgIpc) is 3.35. The van der Waals surface area contributed by atoms with Gasteiger partial charge in [0.15, 0.2) is 0 Å². The maximum atomic E-state index is 13.4. The summed E-state index contributed by atoms with van der Waals surface area (Å²) in [6, 6.07) is 12.4. The van der Waals surface area contributed by atoms with Crippen molar-refractivity contribution in [2.24, 2.45) is 0 Å². The van der Waals surface area contributed by atoms with Gasteiger partial charge < -0.3 is 4.90 Å². The summed E-state index contributed by atoms with van der Waals surface area (Å²) in [5.41, 5.74) is 2.07. The van der Waals surface area contributed by atoms with E-state index in [-0.39, 0.29) is 5.41 Å². The van der Waals surface area contributed by atoms with Crippen LogP contribution < -0.4 is 0 Å². The highest BCUT2D eigenvalue weighted by Gasteiger charge is 2.46. The van der Waals surface area contributed by atoms with E-state index < -0.39 is 0 Å². The van der Waals surface area contributed by atoms with Gasteiger partial charge in [-0.25, -0.2) is 0 Å². The van der Waals surface area contributed by atoms with Gasteiger partial charge in [-0.15, -0.1) is 0 Å². The topological polar surface area (TPSA) is 49.0 Å². The highest BCUT2D eigenvalue weighted by Crippen LogP contribution is 2.43. The molecule has 1 N–H and O–H groups in total. The van der Waals surface area contributed by atoms with Crippen LogP contribution in [-0.2, 0) is 10.2 Å². The lowest BCUT2D eigenvalue weighted by Gasteiger charge is -2.33. The Balaban J connectivity index is 1.57. The van der Waals surface area contributed by atoms with Crippen LogP contribution >= 0.6 is 0 Å². The van der Waals surface area contributed by atoms with Crippen LogP contribution in [0.3, 0.4) is 0 Å². The van der Waals surface area contributed by atoms with Crippen molar-refractivity contribution in [1.29, 1.82) is 0 Å². The second kappa shape index (κ2) is 5.84. The predicted molar refractivity (Wildman–Crippen MR) is 89.1 cm³/mol. The fourth-order valence-corrected chi connectivity index (χ4v) is 4.36. The molecule has 23 heavy (non-hydrogen) atoms. The molecule has 1 aliphatic heterocycles. The molecule has 1 aromatic heterocycles. The lowest BCUT2D eigenvalue weighted by Crippen LogP contribution is -2.44. The number of carbonyl (C=O) groups is 1. The molecule has 2 fully saturated rings. The molecule has 4 heteroatoms. The summed E-state index contributed by atoms with van der Waals surface area (Å²) in [5.74, 6) is 0.735. The van der Waals surface area contributed by atoms with Crippen LogP contribution in [-0.4, -0.2) is 34.1 Å². The van der Waals surface area contributed by atoms with Gasteiger partial charge in [-0.2, -0.15) is 5.10 Å².